The Morgan fingerprint density at radius 1 is 1.32 bits per heavy atom. The van der Waals surface area contributed by atoms with Gasteiger partial charge in [-0.15, -0.1) is 0 Å². The molecule has 0 amide bonds. The molecule has 0 fully saturated rings. The fourth-order valence-electron chi connectivity index (χ4n) is 1.65. The number of nitrogens with one attached hydrogen (secondary N) is 1. The van der Waals surface area contributed by atoms with Gasteiger partial charge in [0.25, 0.3) is 0 Å². The van der Waals surface area contributed by atoms with Gasteiger partial charge in [0.2, 0.25) is 0 Å². The molecule has 0 aliphatic rings. The topological polar surface area (TPSA) is 61.6 Å². The maximum atomic E-state index is 9.02. The van der Waals surface area contributed by atoms with Crippen LogP contribution in [0.25, 0.3) is 0 Å². The van der Waals surface area contributed by atoms with E-state index in [1.54, 1.807) is 6.20 Å². The Kier molecular flexibility index (Phi) is 4.76. The van der Waals surface area contributed by atoms with E-state index in [0.29, 0.717) is 16.5 Å². The summed E-state index contributed by atoms with van der Waals surface area (Å²) in [7, 11) is 0. The summed E-state index contributed by atoms with van der Waals surface area (Å²) in [5.74, 6) is 0.609. The SMILES string of the molecule is CSc1ncc(C#N)c(NCCc2ccccc2)n1. The van der Waals surface area contributed by atoms with Gasteiger partial charge in [0.05, 0.1) is 6.20 Å². The number of anilines is 1. The molecule has 96 valence electrons. The maximum Gasteiger partial charge on any atom is 0.189 e. The summed E-state index contributed by atoms with van der Waals surface area (Å²) < 4.78 is 0. The van der Waals surface area contributed by atoms with Crippen molar-refractivity contribution in [3.63, 3.8) is 0 Å². The molecular weight excluding hydrogens is 256 g/mol. The summed E-state index contributed by atoms with van der Waals surface area (Å²) >= 11 is 1.46. The number of rotatable bonds is 5. The number of hydrogen-bond acceptors (Lipinski definition) is 5. The van der Waals surface area contributed by atoms with Gasteiger partial charge in [-0.1, -0.05) is 42.1 Å². The molecule has 1 N–H and O–H groups in total. The summed E-state index contributed by atoms with van der Waals surface area (Å²) in [6.07, 6.45) is 4.36. The van der Waals surface area contributed by atoms with Crippen LogP contribution in [0.4, 0.5) is 5.82 Å². The van der Waals surface area contributed by atoms with Crippen LogP contribution < -0.4 is 5.32 Å². The lowest BCUT2D eigenvalue weighted by Gasteiger charge is -2.07. The highest BCUT2D eigenvalue weighted by molar-refractivity contribution is 7.98. The van der Waals surface area contributed by atoms with Crippen molar-refractivity contribution in [2.45, 2.75) is 11.6 Å². The van der Waals surface area contributed by atoms with Crippen LogP contribution in [0.5, 0.6) is 0 Å². The van der Waals surface area contributed by atoms with E-state index in [1.165, 1.54) is 17.3 Å². The van der Waals surface area contributed by atoms with E-state index in [2.05, 4.69) is 33.5 Å². The number of hydrogen-bond donors (Lipinski definition) is 1. The summed E-state index contributed by atoms with van der Waals surface area (Å²) in [4.78, 5) is 8.40. The molecule has 1 aromatic heterocycles. The first-order chi connectivity index (χ1) is 9.33. The molecule has 1 heterocycles. The van der Waals surface area contributed by atoms with Gasteiger partial charge in [0.15, 0.2) is 5.16 Å². The zero-order valence-corrected chi connectivity index (χ0v) is 11.4. The van der Waals surface area contributed by atoms with E-state index in [4.69, 9.17) is 5.26 Å². The largest absolute Gasteiger partial charge is 0.369 e. The first-order valence-electron chi connectivity index (χ1n) is 5.92. The monoisotopic (exact) mass is 270 g/mol. The summed E-state index contributed by atoms with van der Waals surface area (Å²) in [5, 5.41) is 12.9. The molecule has 1 aromatic carbocycles. The minimum Gasteiger partial charge on any atom is -0.369 e. The van der Waals surface area contributed by atoms with Crippen molar-refractivity contribution in [3.05, 3.63) is 47.7 Å². The second-order valence-electron chi connectivity index (χ2n) is 3.89. The Labute approximate surface area is 116 Å². The van der Waals surface area contributed by atoms with Crippen molar-refractivity contribution >= 4 is 17.6 Å². The highest BCUT2D eigenvalue weighted by atomic mass is 32.2. The molecule has 0 aliphatic heterocycles. The van der Waals surface area contributed by atoms with Gasteiger partial charge in [-0.3, -0.25) is 0 Å². The Morgan fingerprint density at radius 3 is 2.79 bits per heavy atom. The molecule has 19 heavy (non-hydrogen) atoms. The number of thioether (sulfide) groups is 1. The molecule has 2 aromatic rings. The lowest BCUT2D eigenvalue weighted by Crippen LogP contribution is -2.08. The van der Waals surface area contributed by atoms with Gasteiger partial charge in [-0.05, 0) is 18.2 Å². The van der Waals surface area contributed by atoms with Gasteiger partial charge < -0.3 is 5.32 Å². The molecule has 4 nitrogen and oxygen atoms in total. The molecule has 0 unspecified atom stereocenters. The van der Waals surface area contributed by atoms with Crippen LogP contribution in [0.15, 0.2) is 41.7 Å². The molecule has 0 saturated heterocycles. The molecule has 0 radical (unpaired) electrons. The molecule has 0 aliphatic carbocycles. The van der Waals surface area contributed by atoms with Gasteiger partial charge in [-0.25, -0.2) is 9.97 Å². The zero-order valence-electron chi connectivity index (χ0n) is 10.6. The van der Waals surface area contributed by atoms with Crippen LogP contribution in [0.3, 0.4) is 0 Å². The summed E-state index contributed by atoms with van der Waals surface area (Å²) in [5.41, 5.74) is 1.73. The smallest absolute Gasteiger partial charge is 0.189 e. The van der Waals surface area contributed by atoms with Crippen molar-refractivity contribution in [2.75, 3.05) is 18.1 Å². The van der Waals surface area contributed by atoms with Crippen molar-refractivity contribution in [1.29, 1.82) is 5.26 Å². The fourth-order valence-corrected chi connectivity index (χ4v) is 1.99. The maximum absolute atomic E-state index is 9.02. The average Bonchev–Trinajstić information content (AvgIpc) is 2.48. The fraction of sp³-hybridized carbons (Fsp3) is 0.214. The second-order valence-corrected chi connectivity index (χ2v) is 4.67. The van der Waals surface area contributed by atoms with Crippen LogP contribution >= 0.6 is 11.8 Å². The van der Waals surface area contributed by atoms with E-state index in [1.807, 2.05) is 24.5 Å². The highest BCUT2D eigenvalue weighted by Crippen LogP contribution is 2.15. The quantitative estimate of drug-likeness (QED) is 0.668. The standard InChI is InChI=1S/C14H14N4S/c1-19-14-17-10-12(9-15)13(18-14)16-8-7-11-5-3-2-4-6-11/h2-6,10H,7-8H2,1H3,(H,16,17,18). The van der Waals surface area contributed by atoms with Gasteiger partial charge in [-0.2, -0.15) is 5.26 Å². The van der Waals surface area contributed by atoms with Gasteiger partial charge >= 0.3 is 0 Å². The Bertz CT molecular complexity index is 578. The molecule has 0 spiro atoms. The number of benzene rings is 1. The molecule has 0 atom stereocenters. The van der Waals surface area contributed by atoms with Crippen molar-refractivity contribution in [2.24, 2.45) is 0 Å². The Hall–Kier alpha value is -2.06. The number of nitrogens with zero attached hydrogens (tertiary/aromatic N) is 3. The van der Waals surface area contributed by atoms with Crippen molar-refractivity contribution < 1.29 is 0 Å². The van der Waals surface area contributed by atoms with Crippen LogP contribution in [0.1, 0.15) is 11.1 Å². The summed E-state index contributed by atoms with van der Waals surface area (Å²) in [6.45, 7) is 0.740. The van der Waals surface area contributed by atoms with Crippen LogP contribution in [-0.2, 0) is 6.42 Å². The molecule has 0 bridgehead atoms. The first-order valence-corrected chi connectivity index (χ1v) is 7.15. The van der Waals surface area contributed by atoms with Crippen molar-refractivity contribution in [3.8, 4) is 6.07 Å². The lowest BCUT2D eigenvalue weighted by molar-refractivity contribution is 0.935. The van der Waals surface area contributed by atoms with E-state index in [9.17, 15) is 0 Å². The first kappa shape index (κ1) is 13.4. The minimum absolute atomic E-state index is 0.478. The normalized spacial score (nSPS) is 9.89. The third kappa shape index (κ3) is 3.70. The number of nitriles is 1. The average molecular weight is 270 g/mol. The van der Waals surface area contributed by atoms with Crippen LogP contribution in [0.2, 0.25) is 0 Å². The number of aromatic nitrogens is 2. The second kappa shape index (κ2) is 6.76. The Morgan fingerprint density at radius 2 is 2.11 bits per heavy atom. The predicted octanol–water partition coefficient (Wildman–Crippen LogP) is 2.72. The van der Waals surface area contributed by atoms with E-state index >= 15 is 0 Å². The predicted molar refractivity (Wildman–Crippen MR) is 77.2 cm³/mol. The van der Waals surface area contributed by atoms with Crippen molar-refractivity contribution in [1.82, 2.24) is 9.97 Å². The Balaban J connectivity index is 2.01. The molecule has 0 saturated carbocycles. The van der Waals surface area contributed by atoms with Crippen LogP contribution in [-0.4, -0.2) is 22.8 Å². The van der Waals surface area contributed by atoms with Gasteiger partial charge in [0.1, 0.15) is 17.5 Å². The molecule has 2 rings (SSSR count). The molecular formula is C14H14N4S. The lowest BCUT2D eigenvalue weighted by atomic mass is 10.1. The van der Waals surface area contributed by atoms with E-state index < -0.39 is 0 Å². The van der Waals surface area contributed by atoms with E-state index in [0.717, 1.165) is 13.0 Å². The van der Waals surface area contributed by atoms with Crippen LogP contribution in [0, 0.1) is 11.3 Å². The zero-order chi connectivity index (χ0) is 13.5. The molecule has 5 heteroatoms. The third-order valence-corrected chi connectivity index (χ3v) is 3.18. The van der Waals surface area contributed by atoms with Gasteiger partial charge in [0, 0.05) is 6.54 Å². The summed E-state index contributed by atoms with van der Waals surface area (Å²) in [6, 6.07) is 12.3. The highest BCUT2D eigenvalue weighted by Gasteiger charge is 2.05. The third-order valence-electron chi connectivity index (χ3n) is 2.62. The van der Waals surface area contributed by atoms with E-state index in [-0.39, 0.29) is 0 Å². The minimum atomic E-state index is 0.478.